The van der Waals surface area contributed by atoms with Gasteiger partial charge in [0.1, 0.15) is 0 Å². The Morgan fingerprint density at radius 2 is 2.23 bits per heavy atom. The van der Waals surface area contributed by atoms with Gasteiger partial charge in [0.05, 0.1) is 12.6 Å². The van der Waals surface area contributed by atoms with Gasteiger partial charge >= 0.3 is 0 Å². The Hall–Kier alpha value is -0.610. The highest BCUT2D eigenvalue weighted by Crippen LogP contribution is 2.15. The Bertz CT molecular complexity index is 198. The number of hydrogen-bond acceptors (Lipinski definition) is 3. The molecule has 1 rings (SSSR count). The molecule has 4 heteroatoms. The Labute approximate surface area is 79.5 Å². The third-order valence-corrected chi connectivity index (χ3v) is 2.37. The van der Waals surface area contributed by atoms with E-state index in [9.17, 15) is 4.79 Å². The molecular weight excluding hydrogens is 166 g/mol. The maximum absolute atomic E-state index is 11.3. The molecule has 1 atom stereocenters. The Morgan fingerprint density at radius 3 is 2.69 bits per heavy atom. The SMILES string of the molecule is CC(C)(C)N1CC(=O)NC(CN)C1. The summed E-state index contributed by atoms with van der Waals surface area (Å²) in [7, 11) is 0. The summed E-state index contributed by atoms with van der Waals surface area (Å²) in [5, 5.41) is 2.86. The van der Waals surface area contributed by atoms with E-state index < -0.39 is 0 Å². The van der Waals surface area contributed by atoms with Crippen LogP contribution in [0.2, 0.25) is 0 Å². The van der Waals surface area contributed by atoms with Gasteiger partial charge in [-0.3, -0.25) is 9.69 Å². The van der Waals surface area contributed by atoms with E-state index in [4.69, 9.17) is 5.73 Å². The van der Waals surface area contributed by atoms with Crippen molar-refractivity contribution in [3.63, 3.8) is 0 Å². The second-order valence-corrected chi connectivity index (χ2v) is 4.55. The summed E-state index contributed by atoms with van der Waals surface area (Å²) in [6.07, 6.45) is 0. The number of nitrogens with two attached hydrogens (primary N) is 1. The molecule has 1 saturated heterocycles. The minimum atomic E-state index is 0.0468. The van der Waals surface area contributed by atoms with Crippen LogP contribution in [0, 0.1) is 0 Å². The van der Waals surface area contributed by atoms with Gasteiger partial charge in [-0.05, 0) is 20.8 Å². The van der Waals surface area contributed by atoms with Crippen LogP contribution in [0.3, 0.4) is 0 Å². The standard InChI is InChI=1S/C9H19N3O/c1-9(2,3)12-5-7(4-10)11-8(13)6-12/h7H,4-6,10H2,1-3H3,(H,11,13). The first-order chi connectivity index (χ1) is 5.93. The van der Waals surface area contributed by atoms with Gasteiger partial charge in [0.2, 0.25) is 5.91 Å². The van der Waals surface area contributed by atoms with Crippen molar-refractivity contribution >= 4 is 5.91 Å². The third kappa shape index (κ3) is 2.67. The molecule has 1 heterocycles. The second-order valence-electron chi connectivity index (χ2n) is 4.55. The molecule has 3 N–H and O–H groups in total. The van der Waals surface area contributed by atoms with Crippen LogP contribution in [0.5, 0.6) is 0 Å². The van der Waals surface area contributed by atoms with E-state index in [2.05, 4.69) is 31.0 Å². The van der Waals surface area contributed by atoms with Gasteiger partial charge in [0.15, 0.2) is 0 Å². The van der Waals surface area contributed by atoms with E-state index in [1.165, 1.54) is 0 Å². The summed E-state index contributed by atoms with van der Waals surface area (Å²) in [5.41, 5.74) is 5.58. The summed E-state index contributed by atoms with van der Waals surface area (Å²) in [6.45, 7) is 8.18. The lowest BCUT2D eigenvalue weighted by molar-refractivity contribution is -0.127. The summed E-state index contributed by atoms with van der Waals surface area (Å²) in [5.74, 6) is 0.0802. The van der Waals surface area contributed by atoms with E-state index in [1.54, 1.807) is 0 Å². The number of nitrogens with one attached hydrogen (secondary N) is 1. The van der Waals surface area contributed by atoms with Crippen LogP contribution in [0.1, 0.15) is 20.8 Å². The topological polar surface area (TPSA) is 58.4 Å². The van der Waals surface area contributed by atoms with E-state index in [-0.39, 0.29) is 17.5 Å². The molecule has 76 valence electrons. The van der Waals surface area contributed by atoms with Gasteiger partial charge < -0.3 is 11.1 Å². The Balaban J connectivity index is 2.62. The summed E-state index contributed by atoms with van der Waals surface area (Å²) < 4.78 is 0. The monoisotopic (exact) mass is 185 g/mol. The molecule has 0 radical (unpaired) electrons. The molecule has 1 amide bonds. The van der Waals surface area contributed by atoms with Crippen LogP contribution in [-0.2, 0) is 4.79 Å². The second kappa shape index (κ2) is 3.64. The average molecular weight is 185 g/mol. The molecule has 1 aliphatic heterocycles. The maximum atomic E-state index is 11.3. The van der Waals surface area contributed by atoms with Crippen LogP contribution < -0.4 is 11.1 Å². The number of amides is 1. The summed E-state index contributed by atoms with van der Waals surface area (Å²) >= 11 is 0. The summed E-state index contributed by atoms with van der Waals surface area (Å²) in [6, 6.07) is 0.112. The van der Waals surface area contributed by atoms with Gasteiger partial charge in [0.25, 0.3) is 0 Å². The average Bonchev–Trinajstić information content (AvgIpc) is 2.01. The Kier molecular flexibility index (Phi) is 2.93. The van der Waals surface area contributed by atoms with E-state index in [0.717, 1.165) is 6.54 Å². The molecule has 0 aromatic carbocycles. The molecule has 4 nitrogen and oxygen atoms in total. The lowest BCUT2D eigenvalue weighted by atomic mass is 10.0. The van der Waals surface area contributed by atoms with Crippen LogP contribution >= 0.6 is 0 Å². The lowest BCUT2D eigenvalue weighted by Gasteiger charge is -2.41. The normalized spacial score (nSPS) is 25.8. The fourth-order valence-corrected chi connectivity index (χ4v) is 1.47. The number of rotatable bonds is 1. The van der Waals surface area contributed by atoms with Gasteiger partial charge in [0, 0.05) is 18.6 Å². The van der Waals surface area contributed by atoms with Crippen LogP contribution in [0.4, 0.5) is 0 Å². The first-order valence-electron chi connectivity index (χ1n) is 4.68. The minimum Gasteiger partial charge on any atom is -0.350 e. The zero-order valence-electron chi connectivity index (χ0n) is 8.63. The highest BCUT2D eigenvalue weighted by atomic mass is 16.2. The maximum Gasteiger partial charge on any atom is 0.234 e. The van der Waals surface area contributed by atoms with Crippen molar-refractivity contribution in [2.75, 3.05) is 19.6 Å². The van der Waals surface area contributed by atoms with Crippen molar-refractivity contribution in [1.82, 2.24) is 10.2 Å². The molecule has 0 bridgehead atoms. The van der Waals surface area contributed by atoms with E-state index in [1.807, 2.05) is 0 Å². The molecule has 0 aromatic rings. The van der Waals surface area contributed by atoms with Gasteiger partial charge in [-0.2, -0.15) is 0 Å². The number of piperazine rings is 1. The minimum absolute atomic E-state index is 0.0468. The van der Waals surface area contributed by atoms with Crippen molar-refractivity contribution in [1.29, 1.82) is 0 Å². The molecule has 0 spiro atoms. The van der Waals surface area contributed by atoms with Crippen molar-refractivity contribution in [3.8, 4) is 0 Å². The third-order valence-electron chi connectivity index (χ3n) is 2.37. The largest absolute Gasteiger partial charge is 0.350 e. The zero-order chi connectivity index (χ0) is 10.1. The number of nitrogens with zero attached hydrogens (tertiary/aromatic N) is 1. The van der Waals surface area contributed by atoms with E-state index >= 15 is 0 Å². The fraction of sp³-hybridized carbons (Fsp3) is 0.889. The number of hydrogen-bond donors (Lipinski definition) is 2. The first-order valence-corrected chi connectivity index (χ1v) is 4.68. The van der Waals surface area contributed by atoms with Crippen LogP contribution in [-0.4, -0.2) is 42.0 Å². The van der Waals surface area contributed by atoms with Crippen LogP contribution in [0.15, 0.2) is 0 Å². The molecule has 13 heavy (non-hydrogen) atoms. The number of carbonyl (C=O) groups excluding carboxylic acids is 1. The van der Waals surface area contributed by atoms with Crippen molar-refractivity contribution in [2.24, 2.45) is 5.73 Å². The Morgan fingerprint density at radius 1 is 1.62 bits per heavy atom. The molecule has 1 aliphatic rings. The molecule has 0 aliphatic carbocycles. The number of carbonyl (C=O) groups is 1. The highest BCUT2D eigenvalue weighted by Gasteiger charge is 2.30. The fourth-order valence-electron chi connectivity index (χ4n) is 1.47. The molecule has 0 aromatic heterocycles. The highest BCUT2D eigenvalue weighted by molar-refractivity contribution is 5.79. The summed E-state index contributed by atoms with van der Waals surface area (Å²) in [4.78, 5) is 13.4. The smallest absolute Gasteiger partial charge is 0.234 e. The predicted octanol–water partition coefficient (Wildman–Crippen LogP) is -0.456. The van der Waals surface area contributed by atoms with Gasteiger partial charge in [-0.1, -0.05) is 0 Å². The first kappa shape index (κ1) is 10.5. The van der Waals surface area contributed by atoms with Crippen molar-refractivity contribution < 1.29 is 4.79 Å². The predicted molar refractivity (Wildman–Crippen MR) is 52.3 cm³/mol. The molecular formula is C9H19N3O. The molecule has 0 saturated carbocycles. The van der Waals surface area contributed by atoms with E-state index in [0.29, 0.717) is 13.1 Å². The van der Waals surface area contributed by atoms with Crippen molar-refractivity contribution in [2.45, 2.75) is 32.4 Å². The van der Waals surface area contributed by atoms with Crippen LogP contribution in [0.25, 0.3) is 0 Å². The van der Waals surface area contributed by atoms with Crippen molar-refractivity contribution in [3.05, 3.63) is 0 Å². The quantitative estimate of drug-likeness (QED) is 0.581. The molecule has 1 unspecified atom stereocenters. The van der Waals surface area contributed by atoms with Gasteiger partial charge in [-0.15, -0.1) is 0 Å². The lowest BCUT2D eigenvalue weighted by Crippen LogP contribution is -2.61. The zero-order valence-corrected chi connectivity index (χ0v) is 8.63. The van der Waals surface area contributed by atoms with Gasteiger partial charge in [-0.25, -0.2) is 0 Å². The molecule has 1 fully saturated rings.